The lowest BCUT2D eigenvalue weighted by molar-refractivity contribution is -0.116. The Labute approximate surface area is 171 Å². The number of halogens is 1. The second-order valence-electron chi connectivity index (χ2n) is 6.34. The van der Waals surface area contributed by atoms with Gasteiger partial charge >= 0.3 is 0 Å². The van der Waals surface area contributed by atoms with Gasteiger partial charge in [0.25, 0.3) is 0 Å². The van der Waals surface area contributed by atoms with E-state index >= 15 is 0 Å². The van der Waals surface area contributed by atoms with Gasteiger partial charge in [0.15, 0.2) is 5.16 Å². The molecule has 1 aromatic heterocycles. The van der Waals surface area contributed by atoms with Crippen molar-refractivity contribution in [2.45, 2.75) is 18.5 Å². The first-order valence-corrected chi connectivity index (χ1v) is 9.83. The molecule has 0 aliphatic heterocycles. The molecule has 0 fully saturated rings. The highest BCUT2D eigenvalue weighted by Gasteiger charge is 2.15. The van der Waals surface area contributed by atoms with Gasteiger partial charge in [0.2, 0.25) is 11.8 Å². The third-order valence-corrected chi connectivity index (χ3v) is 5.14. The number of rotatable bonds is 7. The Morgan fingerprint density at radius 1 is 1.03 bits per heavy atom. The van der Waals surface area contributed by atoms with E-state index < -0.39 is 0 Å². The Morgan fingerprint density at radius 3 is 2.48 bits per heavy atom. The van der Waals surface area contributed by atoms with Gasteiger partial charge < -0.3 is 15.2 Å². The van der Waals surface area contributed by atoms with Crippen LogP contribution in [0.4, 0.5) is 15.8 Å². The third kappa shape index (κ3) is 5.64. The Morgan fingerprint density at radius 2 is 1.76 bits per heavy atom. The van der Waals surface area contributed by atoms with E-state index in [1.807, 2.05) is 31.2 Å². The Balaban J connectivity index is 1.53. The van der Waals surface area contributed by atoms with Gasteiger partial charge in [0.1, 0.15) is 11.6 Å². The number of aryl methyl sites for hydroxylation is 1. The fourth-order valence-electron chi connectivity index (χ4n) is 2.54. The lowest BCUT2D eigenvalue weighted by Crippen LogP contribution is -2.17. The van der Waals surface area contributed by atoms with Crippen molar-refractivity contribution < 1.29 is 14.0 Å². The second-order valence-corrected chi connectivity index (χ2v) is 7.28. The molecule has 3 aromatic rings. The van der Waals surface area contributed by atoms with Crippen LogP contribution in [-0.2, 0) is 23.1 Å². The van der Waals surface area contributed by atoms with Gasteiger partial charge in [-0.15, -0.1) is 10.2 Å². The molecule has 0 spiro atoms. The summed E-state index contributed by atoms with van der Waals surface area (Å²) >= 11 is 1.20. The topological polar surface area (TPSA) is 88.9 Å². The lowest BCUT2D eigenvalue weighted by atomic mass is 10.2. The molecule has 2 N–H and O–H groups in total. The summed E-state index contributed by atoms with van der Waals surface area (Å²) in [6.45, 7) is 1.92. The molecule has 0 unspecified atom stereocenters. The van der Waals surface area contributed by atoms with Crippen molar-refractivity contribution in [2.24, 2.45) is 7.05 Å². The molecule has 7 nitrogen and oxygen atoms in total. The summed E-state index contributed by atoms with van der Waals surface area (Å²) in [6, 6.07) is 13.1. The second kappa shape index (κ2) is 9.33. The summed E-state index contributed by atoms with van der Waals surface area (Å²) in [5.74, 6) is -0.199. The van der Waals surface area contributed by atoms with Gasteiger partial charge in [-0.2, -0.15) is 0 Å². The number of nitrogens with zero attached hydrogens (tertiary/aromatic N) is 3. The Kier molecular flexibility index (Phi) is 6.61. The van der Waals surface area contributed by atoms with Crippen molar-refractivity contribution in [2.75, 3.05) is 16.4 Å². The number of thioether (sulfide) groups is 1. The third-order valence-electron chi connectivity index (χ3n) is 4.12. The van der Waals surface area contributed by atoms with E-state index in [1.165, 1.54) is 36.0 Å². The molecular formula is C20H20FN5O2S. The zero-order valence-electron chi connectivity index (χ0n) is 16.0. The fourth-order valence-corrected chi connectivity index (χ4v) is 3.27. The van der Waals surface area contributed by atoms with Crippen molar-refractivity contribution in [3.05, 3.63) is 65.7 Å². The normalized spacial score (nSPS) is 10.6. The number of hydrogen-bond acceptors (Lipinski definition) is 5. The molecule has 0 saturated carbocycles. The van der Waals surface area contributed by atoms with Crippen LogP contribution < -0.4 is 10.6 Å². The van der Waals surface area contributed by atoms with Crippen LogP contribution in [0.2, 0.25) is 0 Å². The van der Waals surface area contributed by atoms with E-state index in [0.29, 0.717) is 16.7 Å². The summed E-state index contributed by atoms with van der Waals surface area (Å²) in [7, 11) is 1.75. The molecule has 0 aliphatic carbocycles. The van der Waals surface area contributed by atoms with Crippen LogP contribution in [0.25, 0.3) is 0 Å². The molecule has 3 rings (SSSR count). The number of carbonyl (C=O) groups is 2. The minimum Gasteiger partial charge on any atom is -0.325 e. The maximum atomic E-state index is 12.9. The van der Waals surface area contributed by atoms with Crippen LogP contribution in [0.3, 0.4) is 0 Å². The highest BCUT2D eigenvalue weighted by Crippen LogP contribution is 2.18. The van der Waals surface area contributed by atoms with Crippen molar-refractivity contribution >= 4 is 35.0 Å². The summed E-state index contributed by atoms with van der Waals surface area (Å²) in [5, 5.41) is 14.2. The van der Waals surface area contributed by atoms with Gasteiger partial charge in [-0.05, 0) is 42.8 Å². The molecule has 0 radical (unpaired) electrons. The van der Waals surface area contributed by atoms with E-state index in [4.69, 9.17) is 0 Å². The molecule has 0 saturated heterocycles. The molecule has 29 heavy (non-hydrogen) atoms. The first-order chi connectivity index (χ1) is 13.9. The zero-order valence-corrected chi connectivity index (χ0v) is 16.8. The number of anilines is 2. The molecule has 2 amide bonds. The summed E-state index contributed by atoms with van der Waals surface area (Å²) in [5.41, 5.74) is 2.25. The monoisotopic (exact) mass is 413 g/mol. The predicted octanol–water partition coefficient (Wildman–Crippen LogP) is 3.17. The van der Waals surface area contributed by atoms with Gasteiger partial charge in [-0.3, -0.25) is 9.59 Å². The first-order valence-electron chi connectivity index (χ1n) is 8.84. The largest absolute Gasteiger partial charge is 0.325 e. The smallest absolute Gasteiger partial charge is 0.234 e. The first kappa shape index (κ1) is 20.5. The Hall–Kier alpha value is -3.20. The van der Waals surface area contributed by atoms with Crippen LogP contribution in [0, 0.1) is 12.7 Å². The molecule has 1 heterocycles. The number of aromatic nitrogens is 3. The predicted molar refractivity (Wildman–Crippen MR) is 110 cm³/mol. The van der Waals surface area contributed by atoms with E-state index in [1.54, 1.807) is 11.6 Å². The van der Waals surface area contributed by atoms with Crippen LogP contribution in [-0.4, -0.2) is 32.3 Å². The number of para-hydroxylation sites is 1. The average molecular weight is 413 g/mol. The summed E-state index contributed by atoms with van der Waals surface area (Å²) < 4.78 is 14.6. The maximum Gasteiger partial charge on any atom is 0.234 e. The number of nitrogens with one attached hydrogen (secondary N) is 2. The quantitative estimate of drug-likeness (QED) is 0.581. The van der Waals surface area contributed by atoms with Crippen LogP contribution in [0.15, 0.2) is 53.7 Å². The van der Waals surface area contributed by atoms with Crippen molar-refractivity contribution in [3.63, 3.8) is 0 Å². The van der Waals surface area contributed by atoms with Crippen LogP contribution in [0.5, 0.6) is 0 Å². The average Bonchev–Trinajstić information content (AvgIpc) is 3.03. The highest BCUT2D eigenvalue weighted by atomic mass is 32.2. The maximum absolute atomic E-state index is 12.9. The zero-order chi connectivity index (χ0) is 20.8. The van der Waals surface area contributed by atoms with E-state index in [0.717, 1.165) is 11.3 Å². The minimum atomic E-state index is -0.365. The number of carbonyl (C=O) groups excluding carboxylic acids is 2. The molecular weight excluding hydrogens is 393 g/mol. The minimum absolute atomic E-state index is 0.0696. The van der Waals surface area contributed by atoms with E-state index in [2.05, 4.69) is 20.8 Å². The van der Waals surface area contributed by atoms with Gasteiger partial charge in [0.05, 0.1) is 12.2 Å². The summed E-state index contributed by atoms with van der Waals surface area (Å²) in [4.78, 5) is 24.4. The van der Waals surface area contributed by atoms with Gasteiger partial charge in [-0.1, -0.05) is 30.0 Å². The number of hydrogen-bond donors (Lipinski definition) is 2. The SMILES string of the molecule is Cc1ccccc1NC(=O)Cc1nnc(SCC(=O)Nc2ccc(F)cc2)n1C. The van der Waals surface area contributed by atoms with Crippen molar-refractivity contribution in [1.82, 2.24) is 14.8 Å². The van der Waals surface area contributed by atoms with Crippen molar-refractivity contribution in [1.29, 1.82) is 0 Å². The standard InChI is InChI=1S/C20H20FN5O2S/c1-13-5-3-4-6-16(13)23-18(27)11-17-24-25-20(26(17)2)29-12-19(28)22-15-9-7-14(21)8-10-15/h3-10H,11-12H2,1-2H3,(H,22,28)(H,23,27). The molecule has 0 bridgehead atoms. The number of amides is 2. The molecule has 150 valence electrons. The Bertz CT molecular complexity index is 1020. The van der Waals surface area contributed by atoms with Gasteiger partial charge in [-0.25, -0.2) is 4.39 Å². The lowest BCUT2D eigenvalue weighted by Gasteiger charge is -2.08. The molecule has 0 aliphatic rings. The highest BCUT2D eigenvalue weighted by molar-refractivity contribution is 7.99. The molecule has 2 aromatic carbocycles. The fraction of sp³-hybridized carbons (Fsp3) is 0.200. The van der Waals surface area contributed by atoms with Crippen LogP contribution >= 0.6 is 11.8 Å². The molecule has 9 heteroatoms. The number of benzene rings is 2. The van der Waals surface area contributed by atoms with E-state index in [9.17, 15) is 14.0 Å². The van der Waals surface area contributed by atoms with E-state index in [-0.39, 0.29) is 29.8 Å². The summed E-state index contributed by atoms with van der Waals surface area (Å²) in [6.07, 6.45) is 0.0696. The van der Waals surface area contributed by atoms with Crippen LogP contribution in [0.1, 0.15) is 11.4 Å². The molecule has 0 atom stereocenters. The van der Waals surface area contributed by atoms with Gasteiger partial charge in [0, 0.05) is 18.4 Å². The van der Waals surface area contributed by atoms with Crippen molar-refractivity contribution in [3.8, 4) is 0 Å².